The van der Waals surface area contributed by atoms with Crippen LogP contribution in [0.25, 0.3) is 33.7 Å². The van der Waals surface area contributed by atoms with Crippen molar-refractivity contribution in [1.29, 1.82) is 0 Å². The summed E-state index contributed by atoms with van der Waals surface area (Å²) in [4.78, 5) is 14.4. The van der Waals surface area contributed by atoms with E-state index < -0.39 is 0 Å². The summed E-state index contributed by atoms with van der Waals surface area (Å²) >= 11 is 0. The fourth-order valence-electron chi connectivity index (χ4n) is 3.62. The Labute approximate surface area is 156 Å². The Morgan fingerprint density at radius 3 is 2.52 bits per heavy atom. The fraction of sp³-hybridized carbons (Fsp3) is 0.286. The molecule has 0 bridgehead atoms. The smallest absolute Gasteiger partial charge is 0.198 e. The highest BCUT2D eigenvalue weighted by molar-refractivity contribution is 5.84. The van der Waals surface area contributed by atoms with Gasteiger partial charge in [0.05, 0.1) is 30.8 Å². The number of fused-ring (bicyclic) bond motifs is 2. The molecule has 1 fully saturated rings. The SMILES string of the molecule is COc1ccc(-c2nc3nc4ccccc4nc3n2CC2CCCO2)cc1. The summed E-state index contributed by atoms with van der Waals surface area (Å²) in [5.74, 6) is 1.68. The Balaban J connectivity index is 1.69. The second-order valence-electron chi connectivity index (χ2n) is 6.77. The summed E-state index contributed by atoms with van der Waals surface area (Å²) in [7, 11) is 1.67. The van der Waals surface area contributed by atoms with Gasteiger partial charge in [-0.05, 0) is 49.2 Å². The minimum atomic E-state index is 0.188. The number of methoxy groups -OCH3 is 1. The van der Waals surface area contributed by atoms with Gasteiger partial charge in [-0.3, -0.25) is 0 Å². The molecule has 1 aliphatic rings. The van der Waals surface area contributed by atoms with Crippen LogP contribution >= 0.6 is 0 Å². The van der Waals surface area contributed by atoms with Gasteiger partial charge in [-0.15, -0.1) is 0 Å². The standard InChI is InChI=1S/C21H20N4O2/c1-26-15-10-8-14(9-11-15)20-24-19-21(25(20)13-16-5-4-12-27-16)23-18-7-3-2-6-17(18)22-19/h2-3,6-11,16H,4-5,12-13H2,1H3. The van der Waals surface area contributed by atoms with Gasteiger partial charge < -0.3 is 14.0 Å². The maximum Gasteiger partial charge on any atom is 0.198 e. The molecule has 6 heteroatoms. The number of hydrogen-bond donors (Lipinski definition) is 0. The predicted octanol–water partition coefficient (Wildman–Crippen LogP) is 3.83. The van der Waals surface area contributed by atoms with Gasteiger partial charge in [0.25, 0.3) is 0 Å². The van der Waals surface area contributed by atoms with Crippen molar-refractivity contribution in [2.75, 3.05) is 13.7 Å². The van der Waals surface area contributed by atoms with E-state index in [9.17, 15) is 0 Å². The van der Waals surface area contributed by atoms with Crippen LogP contribution in [0.2, 0.25) is 0 Å². The summed E-state index contributed by atoms with van der Waals surface area (Å²) in [5.41, 5.74) is 4.21. The lowest BCUT2D eigenvalue weighted by Crippen LogP contribution is -2.16. The van der Waals surface area contributed by atoms with Crippen molar-refractivity contribution in [1.82, 2.24) is 19.5 Å². The second-order valence-corrected chi connectivity index (χ2v) is 6.77. The Bertz CT molecular complexity index is 1100. The molecule has 136 valence electrons. The maximum atomic E-state index is 5.87. The maximum absolute atomic E-state index is 5.87. The van der Waals surface area contributed by atoms with Crippen LogP contribution < -0.4 is 4.74 Å². The summed E-state index contributed by atoms with van der Waals surface area (Å²) in [6.45, 7) is 1.55. The quantitative estimate of drug-likeness (QED) is 0.553. The first kappa shape index (κ1) is 16.2. The van der Waals surface area contributed by atoms with Crippen molar-refractivity contribution in [3.05, 3.63) is 48.5 Å². The van der Waals surface area contributed by atoms with Crippen LogP contribution in [-0.2, 0) is 11.3 Å². The Morgan fingerprint density at radius 1 is 1.04 bits per heavy atom. The number of para-hydroxylation sites is 2. The number of imidazole rings is 1. The van der Waals surface area contributed by atoms with E-state index in [1.807, 2.05) is 48.5 Å². The van der Waals surface area contributed by atoms with Gasteiger partial charge in [0.1, 0.15) is 11.6 Å². The molecule has 0 radical (unpaired) electrons. The van der Waals surface area contributed by atoms with E-state index in [2.05, 4.69) is 4.57 Å². The zero-order valence-electron chi connectivity index (χ0n) is 15.1. The lowest BCUT2D eigenvalue weighted by Gasteiger charge is -2.14. The lowest BCUT2D eigenvalue weighted by molar-refractivity contribution is 0.0981. The first-order chi connectivity index (χ1) is 13.3. The van der Waals surface area contributed by atoms with Crippen LogP contribution in [0.4, 0.5) is 0 Å². The molecule has 2 aromatic heterocycles. The number of benzene rings is 2. The van der Waals surface area contributed by atoms with Crippen molar-refractivity contribution in [2.24, 2.45) is 0 Å². The van der Waals surface area contributed by atoms with Crippen molar-refractivity contribution in [3.8, 4) is 17.1 Å². The molecule has 1 aliphatic heterocycles. The van der Waals surface area contributed by atoms with Gasteiger partial charge in [0.2, 0.25) is 0 Å². The molecule has 0 spiro atoms. The zero-order valence-corrected chi connectivity index (χ0v) is 15.1. The Kier molecular flexibility index (Phi) is 3.98. The van der Waals surface area contributed by atoms with Crippen LogP contribution in [0.5, 0.6) is 5.75 Å². The third-order valence-electron chi connectivity index (χ3n) is 5.02. The summed E-state index contributed by atoms with van der Waals surface area (Å²) in [6, 6.07) is 15.8. The van der Waals surface area contributed by atoms with E-state index in [4.69, 9.17) is 24.4 Å². The van der Waals surface area contributed by atoms with Crippen molar-refractivity contribution < 1.29 is 9.47 Å². The summed E-state index contributed by atoms with van der Waals surface area (Å²) in [6.07, 6.45) is 2.35. The van der Waals surface area contributed by atoms with Crippen molar-refractivity contribution >= 4 is 22.3 Å². The number of ether oxygens (including phenoxy) is 2. The van der Waals surface area contributed by atoms with E-state index in [1.165, 1.54) is 0 Å². The molecule has 0 amide bonds. The number of hydrogen-bond acceptors (Lipinski definition) is 5. The van der Waals surface area contributed by atoms with Crippen LogP contribution in [0.1, 0.15) is 12.8 Å². The van der Waals surface area contributed by atoms with Crippen LogP contribution in [0.3, 0.4) is 0 Å². The number of rotatable bonds is 4. The lowest BCUT2D eigenvalue weighted by atomic mass is 10.2. The van der Waals surface area contributed by atoms with E-state index in [-0.39, 0.29) is 6.10 Å². The molecule has 27 heavy (non-hydrogen) atoms. The van der Waals surface area contributed by atoms with Crippen LogP contribution in [0.15, 0.2) is 48.5 Å². The van der Waals surface area contributed by atoms with Crippen LogP contribution in [0, 0.1) is 0 Å². The first-order valence-electron chi connectivity index (χ1n) is 9.21. The average molecular weight is 360 g/mol. The van der Waals surface area contributed by atoms with Gasteiger partial charge in [0, 0.05) is 12.2 Å². The second kappa shape index (κ2) is 6.63. The molecule has 5 rings (SSSR count). The molecule has 0 N–H and O–H groups in total. The highest BCUT2D eigenvalue weighted by Gasteiger charge is 2.22. The molecule has 4 aromatic rings. The van der Waals surface area contributed by atoms with Crippen molar-refractivity contribution in [3.63, 3.8) is 0 Å². The summed E-state index contributed by atoms with van der Waals surface area (Å²) in [5, 5.41) is 0. The monoisotopic (exact) mass is 360 g/mol. The highest BCUT2D eigenvalue weighted by Crippen LogP contribution is 2.28. The van der Waals surface area contributed by atoms with Gasteiger partial charge in [-0.25, -0.2) is 15.0 Å². The molecular weight excluding hydrogens is 340 g/mol. The van der Waals surface area contributed by atoms with Gasteiger partial charge in [-0.1, -0.05) is 12.1 Å². The first-order valence-corrected chi connectivity index (χ1v) is 9.21. The normalized spacial score (nSPS) is 17.0. The highest BCUT2D eigenvalue weighted by atomic mass is 16.5. The zero-order chi connectivity index (χ0) is 18.2. The topological polar surface area (TPSA) is 62.1 Å². The number of nitrogens with zero attached hydrogens (tertiary/aromatic N) is 4. The van der Waals surface area contributed by atoms with Gasteiger partial charge in [0.15, 0.2) is 11.3 Å². The number of aromatic nitrogens is 4. The Hall–Kier alpha value is -2.99. The molecule has 0 saturated carbocycles. The average Bonchev–Trinajstić information content (AvgIpc) is 3.35. The molecule has 1 saturated heterocycles. The predicted molar refractivity (Wildman–Crippen MR) is 104 cm³/mol. The molecular formula is C21H20N4O2. The van der Waals surface area contributed by atoms with Gasteiger partial charge >= 0.3 is 0 Å². The molecule has 2 aromatic carbocycles. The van der Waals surface area contributed by atoms with Gasteiger partial charge in [-0.2, -0.15) is 0 Å². The molecule has 6 nitrogen and oxygen atoms in total. The third-order valence-corrected chi connectivity index (χ3v) is 5.02. The fourth-order valence-corrected chi connectivity index (χ4v) is 3.62. The van der Waals surface area contributed by atoms with E-state index >= 15 is 0 Å². The Morgan fingerprint density at radius 2 is 1.81 bits per heavy atom. The van der Waals surface area contributed by atoms with E-state index in [0.717, 1.165) is 59.8 Å². The van der Waals surface area contributed by atoms with Crippen molar-refractivity contribution in [2.45, 2.75) is 25.5 Å². The largest absolute Gasteiger partial charge is 0.497 e. The minimum Gasteiger partial charge on any atom is -0.497 e. The summed E-state index contributed by atoms with van der Waals surface area (Å²) < 4.78 is 13.3. The molecule has 3 heterocycles. The molecule has 1 atom stereocenters. The third kappa shape index (κ3) is 2.92. The minimum absolute atomic E-state index is 0.188. The molecule has 0 aliphatic carbocycles. The van der Waals surface area contributed by atoms with E-state index in [0.29, 0.717) is 5.65 Å². The molecule has 1 unspecified atom stereocenters. The van der Waals surface area contributed by atoms with E-state index in [1.54, 1.807) is 7.11 Å². The van der Waals surface area contributed by atoms with Crippen LogP contribution in [-0.4, -0.2) is 39.3 Å².